The minimum atomic E-state index is -0.495. The average molecular weight is 460 g/mol. The lowest BCUT2D eigenvalue weighted by Gasteiger charge is -2.07. The number of aryl methyl sites for hydroxylation is 2. The van der Waals surface area contributed by atoms with E-state index < -0.39 is 6.04 Å². The number of nitrogens with one attached hydrogen (secondary N) is 1. The van der Waals surface area contributed by atoms with Crippen LogP contribution in [0.3, 0.4) is 0 Å². The topological polar surface area (TPSA) is 85.8 Å². The smallest absolute Gasteiger partial charge is 0.249 e. The Balaban J connectivity index is 1.40. The van der Waals surface area contributed by atoms with E-state index in [2.05, 4.69) is 51.7 Å². The molecule has 0 aliphatic carbocycles. The Hall–Kier alpha value is -4.07. The first-order valence-corrected chi connectivity index (χ1v) is 11.0. The second-order valence-corrected chi connectivity index (χ2v) is 8.25. The summed E-state index contributed by atoms with van der Waals surface area (Å²) >= 11 is 0. The molecule has 0 aliphatic heterocycles. The molecule has 0 saturated heterocycles. The summed E-state index contributed by atoms with van der Waals surface area (Å²) in [5.74, 6) is -0.0385. The van der Waals surface area contributed by atoms with Crippen molar-refractivity contribution in [2.45, 2.75) is 40.3 Å². The summed E-state index contributed by atoms with van der Waals surface area (Å²) in [6.07, 6.45) is 3.24. The van der Waals surface area contributed by atoms with Gasteiger partial charge < -0.3 is 9.84 Å². The fourth-order valence-corrected chi connectivity index (χ4v) is 3.58. The van der Waals surface area contributed by atoms with Crippen LogP contribution in [0.2, 0.25) is 0 Å². The number of rotatable bonds is 7. The van der Waals surface area contributed by atoms with Gasteiger partial charge in [-0.25, -0.2) is 4.39 Å². The predicted octanol–water partition coefficient (Wildman–Crippen LogP) is 4.94. The van der Waals surface area contributed by atoms with Crippen LogP contribution in [0.4, 0.5) is 4.39 Å². The summed E-state index contributed by atoms with van der Waals surface area (Å²) in [5, 5.41) is 11.4. The summed E-state index contributed by atoms with van der Waals surface area (Å²) in [6.45, 7) is 8.39. The van der Waals surface area contributed by atoms with Crippen molar-refractivity contribution in [2.24, 2.45) is 0 Å². The van der Waals surface area contributed by atoms with Crippen LogP contribution < -0.4 is 5.32 Å². The monoisotopic (exact) mass is 459 g/mol. The van der Waals surface area contributed by atoms with Gasteiger partial charge in [-0.3, -0.25) is 9.48 Å². The van der Waals surface area contributed by atoms with Crippen molar-refractivity contribution >= 4 is 12.0 Å². The maximum atomic E-state index is 13.1. The Kier molecular flexibility index (Phi) is 6.67. The van der Waals surface area contributed by atoms with E-state index in [1.54, 1.807) is 25.1 Å². The molecule has 0 saturated carbocycles. The van der Waals surface area contributed by atoms with Crippen LogP contribution in [0, 0.1) is 26.6 Å². The molecule has 2 heterocycles. The number of hydrogen-bond acceptors (Lipinski definition) is 5. The zero-order valence-corrected chi connectivity index (χ0v) is 19.5. The van der Waals surface area contributed by atoms with Gasteiger partial charge >= 0.3 is 0 Å². The lowest BCUT2D eigenvalue weighted by Crippen LogP contribution is -2.24. The van der Waals surface area contributed by atoms with Crippen molar-refractivity contribution in [2.75, 3.05) is 0 Å². The Morgan fingerprint density at radius 2 is 1.82 bits per heavy atom. The second-order valence-electron chi connectivity index (χ2n) is 8.25. The van der Waals surface area contributed by atoms with Crippen molar-refractivity contribution in [3.63, 3.8) is 0 Å². The fourth-order valence-electron chi connectivity index (χ4n) is 3.58. The first-order valence-electron chi connectivity index (χ1n) is 11.0. The minimum Gasteiger partial charge on any atom is -0.341 e. The first kappa shape index (κ1) is 23.1. The summed E-state index contributed by atoms with van der Waals surface area (Å²) in [7, 11) is 0. The molecule has 0 aliphatic rings. The first-order chi connectivity index (χ1) is 16.3. The van der Waals surface area contributed by atoms with Gasteiger partial charge in [0.2, 0.25) is 17.6 Å². The number of nitrogens with zero attached hydrogens (tertiary/aromatic N) is 4. The molecular weight excluding hydrogens is 433 g/mol. The maximum absolute atomic E-state index is 13.1. The fraction of sp³-hybridized carbons (Fsp3) is 0.231. The molecule has 2 aromatic carbocycles. The normalized spacial score (nSPS) is 12.3. The van der Waals surface area contributed by atoms with E-state index in [1.165, 1.54) is 23.8 Å². The number of carbonyl (C=O) groups is 1. The van der Waals surface area contributed by atoms with Crippen molar-refractivity contribution in [3.05, 3.63) is 94.4 Å². The van der Waals surface area contributed by atoms with Gasteiger partial charge in [0.15, 0.2) is 0 Å². The van der Waals surface area contributed by atoms with Gasteiger partial charge in [0.1, 0.15) is 11.9 Å². The Morgan fingerprint density at radius 3 is 2.53 bits per heavy atom. The number of halogens is 1. The van der Waals surface area contributed by atoms with Crippen LogP contribution in [0.5, 0.6) is 0 Å². The van der Waals surface area contributed by atoms with E-state index in [-0.39, 0.29) is 17.6 Å². The quantitative estimate of drug-likeness (QED) is 0.396. The van der Waals surface area contributed by atoms with Crippen LogP contribution >= 0.6 is 0 Å². The van der Waals surface area contributed by atoms with Crippen molar-refractivity contribution in [1.82, 2.24) is 25.2 Å². The summed E-state index contributed by atoms with van der Waals surface area (Å²) in [5.41, 5.74) is 5.75. The third-order valence-corrected chi connectivity index (χ3v) is 5.57. The van der Waals surface area contributed by atoms with Crippen LogP contribution in [0.25, 0.3) is 17.5 Å². The number of amides is 1. The molecule has 1 atom stereocenters. The van der Waals surface area contributed by atoms with Crippen LogP contribution in [0.15, 0.2) is 59.1 Å². The van der Waals surface area contributed by atoms with Crippen molar-refractivity contribution in [3.8, 4) is 11.4 Å². The summed E-state index contributed by atoms with van der Waals surface area (Å²) in [4.78, 5) is 16.8. The highest BCUT2D eigenvalue weighted by molar-refractivity contribution is 5.92. The molecule has 0 bridgehead atoms. The molecule has 0 spiro atoms. The molecule has 4 aromatic rings. The Bertz CT molecular complexity index is 1320. The molecule has 0 fully saturated rings. The number of benzene rings is 2. The number of aromatic nitrogens is 4. The molecule has 4 rings (SSSR count). The van der Waals surface area contributed by atoms with Crippen molar-refractivity contribution < 1.29 is 13.7 Å². The molecule has 2 aromatic heterocycles. The second kappa shape index (κ2) is 9.82. The largest absolute Gasteiger partial charge is 0.341 e. The van der Waals surface area contributed by atoms with Gasteiger partial charge in [-0.15, -0.1) is 0 Å². The van der Waals surface area contributed by atoms with Crippen LogP contribution in [-0.2, 0) is 11.3 Å². The van der Waals surface area contributed by atoms with Gasteiger partial charge in [-0.2, -0.15) is 10.1 Å². The summed E-state index contributed by atoms with van der Waals surface area (Å²) in [6, 6.07) is 13.6. The van der Waals surface area contributed by atoms with Gasteiger partial charge in [0, 0.05) is 22.9 Å². The molecular formula is C26H26FN5O2. The van der Waals surface area contributed by atoms with Gasteiger partial charge in [0.05, 0.1) is 12.2 Å². The molecule has 0 radical (unpaired) electrons. The molecule has 1 N–H and O–H groups in total. The molecule has 174 valence electrons. The Morgan fingerprint density at radius 1 is 1.12 bits per heavy atom. The summed E-state index contributed by atoms with van der Waals surface area (Å²) < 4.78 is 20.3. The molecule has 34 heavy (non-hydrogen) atoms. The van der Waals surface area contributed by atoms with Crippen molar-refractivity contribution in [1.29, 1.82) is 0 Å². The predicted molar refractivity (Wildman–Crippen MR) is 127 cm³/mol. The molecule has 8 heteroatoms. The third kappa shape index (κ3) is 5.28. The lowest BCUT2D eigenvalue weighted by atomic mass is 10.1. The number of hydrogen-bond donors (Lipinski definition) is 1. The van der Waals surface area contributed by atoms with Crippen LogP contribution in [0.1, 0.15) is 46.9 Å². The maximum Gasteiger partial charge on any atom is 0.249 e. The molecule has 1 amide bonds. The number of carbonyl (C=O) groups excluding carboxylic acids is 1. The van der Waals surface area contributed by atoms with E-state index in [4.69, 9.17) is 4.52 Å². The average Bonchev–Trinajstić information content (AvgIpc) is 3.40. The third-order valence-electron chi connectivity index (χ3n) is 5.57. The minimum absolute atomic E-state index is 0.263. The van der Waals surface area contributed by atoms with Gasteiger partial charge in [0.25, 0.3) is 0 Å². The van der Waals surface area contributed by atoms with E-state index in [0.29, 0.717) is 17.9 Å². The molecule has 1 unspecified atom stereocenters. The standard InChI is InChI=1S/C26H26FN5O2/c1-16-5-7-20(8-6-16)15-32-19(4)23(17(2)30-32)13-14-24(33)28-18(3)26-29-25(31-34-26)21-9-11-22(27)12-10-21/h5-14,18H,15H2,1-4H3,(H,28,33)/b14-13+. The van der Waals surface area contributed by atoms with E-state index in [0.717, 1.165) is 22.5 Å². The van der Waals surface area contributed by atoms with E-state index in [1.807, 2.05) is 18.5 Å². The Labute approximate surface area is 197 Å². The zero-order chi connectivity index (χ0) is 24.2. The molecule has 7 nitrogen and oxygen atoms in total. The highest BCUT2D eigenvalue weighted by atomic mass is 19.1. The van der Waals surface area contributed by atoms with E-state index in [9.17, 15) is 9.18 Å². The van der Waals surface area contributed by atoms with E-state index >= 15 is 0 Å². The van der Waals surface area contributed by atoms with Gasteiger partial charge in [-0.1, -0.05) is 35.0 Å². The van der Waals surface area contributed by atoms with Crippen LogP contribution in [-0.4, -0.2) is 25.8 Å². The van der Waals surface area contributed by atoms with Gasteiger partial charge in [-0.05, 0) is 63.6 Å². The lowest BCUT2D eigenvalue weighted by molar-refractivity contribution is -0.117. The zero-order valence-electron chi connectivity index (χ0n) is 19.5. The highest BCUT2D eigenvalue weighted by Crippen LogP contribution is 2.20. The highest BCUT2D eigenvalue weighted by Gasteiger charge is 2.17. The SMILES string of the molecule is Cc1ccc(Cn2nc(C)c(/C=C/C(=O)NC(C)c3nc(-c4ccc(F)cc4)no3)c2C)cc1.